The van der Waals surface area contributed by atoms with Crippen LogP contribution < -0.4 is 5.32 Å². The maximum atomic E-state index is 12.2. The number of hydrogen-bond acceptors (Lipinski definition) is 5. The highest BCUT2D eigenvalue weighted by atomic mass is 32.2. The summed E-state index contributed by atoms with van der Waals surface area (Å²) in [5.74, 6) is -0.256. The van der Waals surface area contributed by atoms with Gasteiger partial charge in [0.2, 0.25) is 0 Å². The molecule has 0 aliphatic rings. The van der Waals surface area contributed by atoms with E-state index in [0.29, 0.717) is 17.7 Å². The summed E-state index contributed by atoms with van der Waals surface area (Å²) in [4.78, 5) is 20.3. The van der Waals surface area contributed by atoms with Gasteiger partial charge in [-0.1, -0.05) is 19.9 Å². The van der Waals surface area contributed by atoms with E-state index in [-0.39, 0.29) is 22.7 Å². The molecule has 1 amide bonds. The molecule has 2 aromatic heterocycles. The molecule has 0 saturated carbocycles. The maximum absolute atomic E-state index is 12.2. The molecule has 23 heavy (non-hydrogen) atoms. The first kappa shape index (κ1) is 17.1. The summed E-state index contributed by atoms with van der Waals surface area (Å²) in [5.41, 5.74) is 1.03. The first-order valence-electron chi connectivity index (χ1n) is 7.38. The Bertz CT molecular complexity index is 776. The fraction of sp³-hybridized carbons (Fsp3) is 0.312. The van der Waals surface area contributed by atoms with Crippen LogP contribution in [0.5, 0.6) is 0 Å². The highest BCUT2D eigenvalue weighted by Gasteiger charge is 2.19. The van der Waals surface area contributed by atoms with Crippen molar-refractivity contribution in [3.8, 4) is 0 Å². The van der Waals surface area contributed by atoms with E-state index >= 15 is 0 Å². The number of amides is 1. The zero-order valence-electron chi connectivity index (χ0n) is 13.1. The summed E-state index contributed by atoms with van der Waals surface area (Å²) in [7, 11) is -3.38. The predicted octanol–water partition coefficient (Wildman–Crippen LogP) is 2.15. The molecule has 2 rings (SSSR count). The van der Waals surface area contributed by atoms with Gasteiger partial charge in [-0.05, 0) is 30.7 Å². The average Bonchev–Trinajstić information content (AvgIpc) is 2.60. The van der Waals surface area contributed by atoms with Gasteiger partial charge < -0.3 is 5.32 Å². The van der Waals surface area contributed by atoms with Crippen LogP contribution in [-0.4, -0.2) is 30.0 Å². The van der Waals surface area contributed by atoms with Crippen molar-refractivity contribution in [3.63, 3.8) is 0 Å². The lowest BCUT2D eigenvalue weighted by atomic mass is 10.1. The van der Waals surface area contributed by atoms with Crippen LogP contribution >= 0.6 is 0 Å². The molecule has 0 aromatic carbocycles. The van der Waals surface area contributed by atoms with Crippen molar-refractivity contribution < 1.29 is 13.2 Å². The molecule has 0 saturated heterocycles. The minimum absolute atomic E-state index is 0.0103. The third-order valence-electron chi connectivity index (χ3n) is 3.46. The average molecular weight is 333 g/mol. The lowest BCUT2D eigenvalue weighted by molar-refractivity contribution is 0.0934. The van der Waals surface area contributed by atoms with Gasteiger partial charge in [-0.15, -0.1) is 0 Å². The van der Waals surface area contributed by atoms with Crippen molar-refractivity contribution in [1.82, 2.24) is 15.3 Å². The van der Waals surface area contributed by atoms with Crippen molar-refractivity contribution in [3.05, 3.63) is 54.0 Å². The highest BCUT2D eigenvalue weighted by Crippen LogP contribution is 2.18. The monoisotopic (exact) mass is 333 g/mol. The van der Waals surface area contributed by atoms with E-state index < -0.39 is 9.84 Å². The van der Waals surface area contributed by atoms with Crippen molar-refractivity contribution >= 4 is 15.7 Å². The smallest absolute Gasteiger partial charge is 0.251 e. The molecule has 6 nitrogen and oxygen atoms in total. The number of nitrogens with one attached hydrogen (secondary N) is 1. The number of hydrogen-bond donors (Lipinski definition) is 1. The van der Waals surface area contributed by atoms with Gasteiger partial charge in [-0.2, -0.15) is 0 Å². The fourth-order valence-electron chi connectivity index (χ4n) is 2.08. The molecule has 0 aliphatic heterocycles. The molecule has 7 heteroatoms. The molecule has 0 unspecified atom stereocenters. The molecule has 0 bridgehead atoms. The maximum Gasteiger partial charge on any atom is 0.251 e. The predicted molar refractivity (Wildman–Crippen MR) is 86.7 cm³/mol. The Morgan fingerprint density at radius 3 is 2.48 bits per heavy atom. The Kier molecular flexibility index (Phi) is 5.44. The highest BCUT2D eigenvalue weighted by molar-refractivity contribution is 7.91. The van der Waals surface area contributed by atoms with Crippen LogP contribution in [0.15, 0.2) is 47.8 Å². The molecule has 2 aromatic rings. The number of pyridine rings is 2. The number of carbonyl (C=O) groups excluding carboxylic acids is 1. The van der Waals surface area contributed by atoms with Crippen molar-refractivity contribution in [1.29, 1.82) is 0 Å². The zero-order chi connectivity index (χ0) is 16.9. The fourth-order valence-corrected chi connectivity index (χ4v) is 2.90. The van der Waals surface area contributed by atoms with Gasteiger partial charge in [0.1, 0.15) is 0 Å². The molecule has 2 heterocycles. The lowest BCUT2D eigenvalue weighted by Gasteiger charge is -2.17. The van der Waals surface area contributed by atoms with Crippen LogP contribution in [0.4, 0.5) is 0 Å². The Morgan fingerprint density at radius 2 is 1.87 bits per heavy atom. The topological polar surface area (TPSA) is 89.0 Å². The molecular weight excluding hydrogens is 314 g/mol. The third kappa shape index (κ3) is 4.13. The second-order valence-corrected chi connectivity index (χ2v) is 7.20. The summed E-state index contributed by atoms with van der Waals surface area (Å²) in [6.07, 6.45) is 3.69. The Labute approximate surface area is 135 Å². The van der Waals surface area contributed by atoms with E-state index in [4.69, 9.17) is 0 Å². The Morgan fingerprint density at radius 1 is 1.17 bits per heavy atom. The van der Waals surface area contributed by atoms with Crippen molar-refractivity contribution in [2.45, 2.75) is 31.3 Å². The Balaban J connectivity index is 2.25. The second kappa shape index (κ2) is 7.32. The summed E-state index contributed by atoms with van der Waals surface area (Å²) >= 11 is 0. The normalized spacial score (nSPS) is 12.6. The molecule has 0 fully saturated rings. The molecule has 0 radical (unpaired) electrons. The van der Waals surface area contributed by atoms with Crippen LogP contribution in [0, 0.1) is 0 Å². The van der Waals surface area contributed by atoms with Crippen LogP contribution in [0.3, 0.4) is 0 Å². The van der Waals surface area contributed by atoms with Crippen LogP contribution in [0.2, 0.25) is 0 Å². The van der Waals surface area contributed by atoms with Crippen molar-refractivity contribution in [2.75, 3.05) is 5.75 Å². The first-order valence-corrected chi connectivity index (χ1v) is 9.03. The summed E-state index contributed by atoms with van der Waals surface area (Å²) in [6.45, 7) is 3.48. The zero-order valence-corrected chi connectivity index (χ0v) is 13.9. The minimum Gasteiger partial charge on any atom is -0.344 e. The summed E-state index contributed by atoms with van der Waals surface area (Å²) < 4.78 is 23.9. The Hall–Kier alpha value is -2.28. The van der Waals surface area contributed by atoms with E-state index in [9.17, 15) is 13.2 Å². The van der Waals surface area contributed by atoms with Gasteiger partial charge in [0.05, 0.1) is 17.5 Å². The van der Waals surface area contributed by atoms with Crippen LogP contribution in [-0.2, 0) is 9.84 Å². The van der Waals surface area contributed by atoms with Gasteiger partial charge in [0.15, 0.2) is 14.9 Å². The second-order valence-electron chi connectivity index (χ2n) is 4.97. The first-order chi connectivity index (χ1) is 11.0. The number of carbonyl (C=O) groups is 1. The van der Waals surface area contributed by atoms with Crippen LogP contribution in [0.1, 0.15) is 42.4 Å². The van der Waals surface area contributed by atoms with Crippen LogP contribution in [0.25, 0.3) is 0 Å². The van der Waals surface area contributed by atoms with E-state index in [2.05, 4.69) is 15.3 Å². The SMILES string of the molecule is CC[C@H](NC(=O)c1ccncc1)c1cccc(S(=O)(=O)CC)n1. The van der Waals surface area contributed by atoms with Gasteiger partial charge in [-0.3, -0.25) is 9.78 Å². The standard InChI is InChI=1S/C16H19N3O3S/c1-3-13(19-16(20)12-8-10-17-11-9-12)14-6-5-7-15(18-14)23(21,22)4-2/h5-11,13H,3-4H2,1-2H3,(H,19,20)/t13-/m0/s1. The third-order valence-corrected chi connectivity index (χ3v) is 5.08. The van der Waals surface area contributed by atoms with Gasteiger partial charge in [0, 0.05) is 18.0 Å². The summed E-state index contributed by atoms with van der Waals surface area (Å²) in [5, 5.41) is 2.91. The van der Waals surface area contributed by atoms with Crippen molar-refractivity contribution in [2.24, 2.45) is 0 Å². The van der Waals surface area contributed by atoms with E-state index in [1.54, 1.807) is 43.6 Å². The largest absolute Gasteiger partial charge is 0.344 e. The molecule has 0 aliphatic carbocycles. The van der Waals surface area contributed by atoms with E-state index in [1.807, 2.05) is 6.92 Å². The van der Waals surface area contributed by atoms with E-state index in [0.717, 1.165) is 0 Å². The lowest BCUT2D eigenvalue weighted by Crippen LogP contribution is -2.29. The molecule has 1 atom stereocenters. The van der Waals surface area contributed by atoms with Gasteiger partial charge in [-0.25, -0.2) is 13.4 Å². The summed E-state index contributed by atoms with van der Waals surface area (Å²) in [6, 6.07) is 7.71. The number of nitrogens with zero attached hydrogens (tertiary/aromatic N) is 2. The number of sulfone groups is 1. The quantitative estimate of drug-likeness (QED) is 0.875. The molecular formula is C16H19N3O3S. The van der Waals surface area contributed by atoms with Gasteiger partial charge in [0.25, 0.3) is 5.91 Å². The minimum atomic E-state index is -3.38. The molecule has 0 spiro atoms. The van der Waals surface area contributed by atoms with Gasteiger partial charge >= 0.3 is 0 Å². The number of rotatable bonds is 6. The molecule has 1 N–H and O–H groups in total. The van der Waals surface area contributed by atoms with E-state index in [1.165, 1.54) is 6.07 Å². The number of aromatic nitrogens is 2. The molecule has 122 valence electrons.